The van der Waals surface area contributed by atoms with Gasteiger partial charge in [0, 0.05) is 24.8 Å². The first-order chi connectivity index (χ1) is 7.75. The molecule has 3 nitrogen and oxygen atoms in total. The van der Waals surface area contributed by atoms with Gasteiger partial charge in [-0.15, -0.1) is 0 Å². The van der Waals surface area contributed by atoms with Crippen molar-refractivity contribution in [3.63, 3.8) is 0 Å². The zero-order valence-electron chi connectivity index (χ0n) is 9.45. The largest absolute Gasteiger partial charge is 0.399 e. The van der Waals surface area contributed by atoms with Gasteiger partial charge >= 0.3 is 0 Å². The molecule has 1 aliphatic heterocycles. The standard InChI is InChI=1S/C12H18ClN3/c13-11-8-10(14)9-12(15-11)16-6-4-2-1-3-5-7-16/h8-9H,1-7H2,(H2,14,15). The van der Waals surface area contributed by atoms with Gasteiger partial charge in [0.25, 0.3) is 0 Å². The van der Waals surface area contributed by atoms with Crippen LogP contribution in [0.1, 0.15) is 32.1 Å². The van der Waals surface area contributed by atoms with Crippen LogP contribution in [-0.2, 0) is 0 Å². The average molecular weight is 240 g/mol. The summed E-state index contributed by atoms with van der Waals surface area (Å²) < 4.78 is 0. The highest BCUT2D eigenvalue weighted by Gasteiger charge is 2.11. The molecular weight excluding hydrogens is 222 g/mol. The summed E-state index contributed by atoms with van der Waals surface area (Å²) in [5.74, 6) is 0.923. The summed E-state index contributed by atoms with van der Waals surface area (Å²) in [7, 11) is 0. The van der Waals surface area contributed by atoms with E-state index in [1.54, 1.807) is 6.07 Å². The summed E-state index contributed by atoms with van der Waals surface area (Å²) in [4.78, 5) is 6.63. The van der Waals surface area contributed by atoms with E-state index in [1.165, 1.54) is 32.1 Å². The lowest BCUT2D eigenvalue weighted by molar-refractivity contribution is 0.554. The summed E-state index contributed by atoms with van der Waals surface area (Å²) >= 11 is 5.92. The van der Waals surface area contributed by atoms with Gasteiger partial charge in [-0.25, -0.2) is 4.98 Å². The molecule has 2 heterocycles. The number of anilines is 2. The average Bonchev–Trinajstić information content (AvgIpc) is 2.14. The molecule has 0 aromatic carbocycles. The van der Waals surface area contributed by atoms with Crippen LogP contribution in [0.2, 0.25) is 5.15 Å². The van der Waals surface area contributed by atoms with Crippen LogP contribution in [0.4, 0.5) is 11.5 Å². The van der Waals surface area contributed by atoms with Gasteiger partial charge in [0.1, 0.15) is 11.0 Å². The predicted octanol–water partition coefficient (Wildman–Crippen LogP) is 3.09. The van der Waals surface area contributed by atoms with Crippen molar-refractivity contribution in [3.8, 4) is 0 Å². The van der Waals surface area contributed by atoms with Crippen LogP contribution in [0, 0.1) is 0 Å². The first kappa shape index (κ1) is 11.5. The third-order valence-electron chi connectivity index (χ3n) is 2.98. The lowest BCUT2D eigenvalue weighted by atomic mass is 10.1. The smallest absolute Gasteiger partial charge is 0.133 e. The Bertz CT molecular complexity index is 326. The van der Waals surface area contributed by atoms with E-state index in [9.17, 15) is 0 Å². The number of hydrogen-bond donors (Lipinski definition) is 1. The zero-order chi connectivity index (χ0) is 11.4. The highest BCUT2D eigenvalue weighted by molar-refractivity contribution is 6.29. The molecule has 1 saturated heterocycles. The molecule has 1 aromatic rings. The fourth-order valence-corrected chi connectivity index (χ4v) is 2.35. The van der Waals surface area contributed by atoms with Crippen LogP contribution < -0.4 is 10.6 Å². The third-order valence-corrected chi connectivity index (χ3v) is 3.18. The molecule has 88 valence electrons. The van der Waals surface area contributed by atoms with E-state index in [4.69, 9.17) is 17.3 Å². The number of nitrogen functional groups attached to an aromatic ring is 1. The fraction of sp³-hybridized carbons (Fsp3) is 0.583. The number of hydrogen-bond acceptors (Lipinski definition) is 3. The van der Waals surface area contributed by atoms with E-state index in [1.807, 2.05) is 6.07 Å². The maximum atomic E-state index is 5.92. The number of aromatic nitrogens is 1. The fourth-order valence-electron chi connectivity index (χ4n) is 2.14. The Balaban J connectivity index is 2.13. The van der Waals surface area contributed by atoms with Gasteiger partial charge in [0.15, 0.2) is 0 Å². The monoisotopic (exact) mass is 239 g/mol. The van der Waals surface area contributed by atoms with Gasteiger partial charge in [-0.3, -0.25) is 0 Å². The van der Waals surface area contributed by atoms with Crippen molar-refractivity contribution in [3.05, 3.63) is 17.3 Å². The molecule has 1 fully saturated rings. The number of nitrogens with two attached hydrogens (primary N) is 1. The first-order valence-electron chi connectivity index (χ1n) is 5.94. The molecule has 0 saturated carbocycles. The number of rotatable bonds is 1. The molecule has 2 N–H and O–H groups in total. The Hall–Kier alpha value is -0.960. The molecule has 0 spiro atoms. The summed E-state index contributed by atoms with van der Waals surface area (Å²) in [6.07, 6.45) is 6.44. The SMILES string of the molecule is Nc1cc(Cl)nc(N2CCCCCCC2)c1. The van der Waals surface area contributed by atoms with E-state index in [2.05, 4.69) is 9.88 Å². The molecule has 0 aliphatic carbocycles. The van der Waals surface area contributed by atoms with Crippen molar-refractivity contribution in [2.75, 3.05) is 23.7 Å². The third kappa shape index (κ3) is 3.01. The van der Waals surface area contributed by atoms with Crippen LogP contribution >= 0.6 is 11.6 Å². The predicted molar refractivity (Wildman–Crippen MR) is 69.0 cm³/mol. The summed E-state index contributed by atoms with van der Waals surface area (Å²) in [5.41, 5.74) is 6.48. The van der Waals surface area contributed by atoms with Crippen LogP contribution in [0.15, 0.2) is 12.1 Å². The maximum absolute atomic E-state index is 5.92. The Labute approximate surface area is 102 Å². The van der Waals surface area contributed by atoms with Crippen molar-refractivity contribution < 1.29 is 0 Å². The van der Waals surface area contributed by atoms with E-state index in [-0.39, 0.29) is 0 Å². The second kappa shape index (κ2) is 5.39. The van der Waals surface area contributed by atoms with Crippen LogP contribution in [-0.4, -0.2) is 18.1 Å². The lowest BCUT2D eigenvalue weighted by Crippen LogP contribution is -2.27. The van der Waals surface area contributed by atoms with E-state index in [0.717, 1.165) is 18.9 Å². The molecule has 0 amide bonds. The van der Waals surface area contributed by atoms with Crippen LogP contribution in [0.5, 0.6) is 0 Å². The molecule has 4 heteroatoms. The summed E-state index contributed by atoms with van der Waals surface area (Å²) in [5, 5.41) is 0.483. The molecule has 0 bridgehead atoms. The van der Waals surface area contributed by atoms with Gasteiger partial charge in [-0.05, 0) is 18.9 Å². The molecule has 0 radical (unpaired) electrons. The van der Waals surface area contributed by atoms with Gasteiger partial charge in [0.2, 0.25) is 0 Å². The maximum Gasteiger partial charge on any atom is 0.133 e. The number of nitrogens with zero attached hydrogens (tertiary/aromatic N) is 2. The molecular formula is C12H18ClN3. The van der Waals surface area contributed by atoms with Crippen LogP contribution in [0.25, 0.3) is 0 Å². The van der Waals surface area contributed by atoms with Gasteiger partial charge in [0.05, 0.1) is 0 Å². The van der Waals surface area contributed by atoms with Crippen molar-refractivity contribution in [2.24, 2.45) is 0 Å². The number of halogens is 1. The highest BCUT2D eigenvalue weighted by atomic mass is 35.5. The van der Waals surface area contributed by atoms with Gasteiger partial charge in [-0.1, -0.05) is 30.9 Å². The molecule has 1 aromatic heterocycles. The van der Waals surface area contributed by atoms with Crippen molar-refractivity contribution in [1.29, 1.82) is 0 Å². The lowest BCUT2D eigenvalue weighted by Gasteiger charge is -2.26. The minimum absolute atomic E-state index is 0.483. The second-order valence-corrected chi connectivity index (χ2v) is 4.72. The quantitative estimate of drug-likeness (QED) is 0.766. The van der Waals surface area contributed by atoms with Crippen molar-refractivity contribution in [1.82, 2.24) is 4.98 Å². The topological polar surface area (TPSA) is 42.1 Å². The molecule has 0 atom stereocenters. The van der Waals surface area contributed by atoms with E-state index in [0.29, 0.717) is 10.8 Å². The summed E-state index contributed by atoms with van der Waals surface area (Å²) in [6.45, 7) is 2.12. The molecule has 16 heavy (non-hydrogen) atoms. The molecule has 2 rings (SSSR count). The van der Waals surface area contributed by atoms with Crippen molar-refractivity contribution >= 4 is 23.1 Å². The Morgan fingerprint density at radius 3 is 2.31 bits per heavy atom. The summed E-state index contributed by atoms with van der Waals surface area (Å²) in [6, 6.07) is 3.60. The van der Waals surface area contributed by atoms with Crippen molar-refractivity contribution in [2.45, 2.75) is 32.1 Å². The first-order valence-corrected chi connectivity index (χ1v) is 6.31. The van der Waals surface area contributed by atoms with E-state index < -0.39 is 0 Å². The minimum atomic E-state index is 0.483. The highest BCUT2D eigenvalue weighted by Crippen LogP contribution is 2.22. The molecule has 0 unspecified atom stereocenters. The molecule has 1 aliphatic rings. The minimum Gasteiger partial charge on any atom is -0.399 e. The second-order valence-electron chi connectivity index (χ2n) is 4.34. The van der Waals surface area contributed by atoms with Crippen LogP contribution in [0.3, 0.4) is 0 Å². The Kier molecular flexibility index (Phi) is 3.88. The van der Waals surface area contributed by atoms with E-state index >= 15 is 0 Å². The Morgan fingerprint density at radius 1 is 1.06 bits per heavy atom. The Morgan fingerprint density at radius 2 is 1.69 bits per heavy atom. The van der Waals surface area contributed by atoms with Gasteiger partial charge in [-0.2, -0.15) is 0 Å². The normalized spacial score (nSPS) is 17.9. The van der Waals surface area contributed by atoms with Gasteiger partial charge < -0.3 is 10.6 Å². The number of pyridine rings is 1. The zero-order valence-corrected chi connectivity index (χ0v) is 10.2.